The van der Waals surface area contributed by atoms with Crippen LogP contribution in [0.1, 0.15) is 168 Å². The molecule has 8 unspecified atom stereocenters. The first-order valence-corrected chi connectivity index (χ1v) is 26.9. The summed E-state index contributed by atoms with van der Waals surface area (Å²) in [7, 11) is -10.7. The molecule has 1 rings (SSSR count). The highest BCUT2D eigenvalue weighted by molar-refractivity contribution is 7.47. The fourth-order valence-electron chi connectivity index (χ4n) is 6.84. The maximum Gasteiger partial charge on any atom is 0.472 e. The molecule has 7 N–H and O–H groups in total. The summed E-state index contributed by atoms with van der Waals surface area (Å²) in [6, 6.07) is 0. The number of aliphatic hydroxyl groups excluding tert-OH is 4. The SMILES string of the molecule is CCCCCC=CCC=CCC=CCC=CCCCC(=O)OCC(COP(=O)(O)OC1C(O)C(O)C(O)C(OP(=O)(O)O)C1O)OC(=O)CCCCCCCCCC=CCCCCCC. The first-order chi connectivity index (χ1) is 31.1. The highest BCUT2D eigenvalue weighted by Crippen LogP contribution is 2.49. The molecule has 0 radical (unpaired) electrons. The number of unbranched alkanes of at least 4 members (excludes halogenated alkanes) is 15. The summed E-state index contributed by atoms with van der Waals surface area (Å²) in [4.78, 5) is 54.2. The van der Waals surface area contributed by atoms with Crippen LogP contribution in [-0.4, -0.2) is 103 Å². The van der Waals surface area contributed by atoms with Crippen LogP contribution in [-0.2, 0) is 41.8 Å². The summed E-state index contributed by atoms with van der Waals surface area (Å²) in [6.45, 7) is 3.01. The summed E-state index contributed by atoms with van der Waals surface area (Å²) >= 11 is 0. The molecule has 376 valence electrons. The van der Waals surface area contributed by atoms with Crippen LogP contribution in [0.4, 0.5) is 0 Å². The monoisotopic (exact) mass is 965 g/mol. The van der Waals surface area contributed by atoms with Gasteiger partial charge in [-0.1, -0.05) is 139 Å². The highest BCUT2D eigenvalue weighted by atomic mass is 31.2. The molecule has 1 aliphatic carbocycles. The number of phosphoric acid groups is 2. The fraction of sp³-hybridized carbons (Fsp3) is 0.745. The van der Waals surface area contributed by atoms with Gasteiger partial charge in [0.25, 0.3) is 0 Å². The molecule has 1 saturated carbocycles. The van der Waals surface area contributed by atoms with Crippen molar-refractivity contribution in [2.24, 2.45) is 0 Å². The largest absolute Gasteiger partial charge is 0.472 e. The second-order valence-corrected chi connectivity index (χ2v) is 19.1. The van der Waals surface area contributed by atoms with E-state index >= 15 is 0 Å². The van der Waals surface area contributed by atoms with Gasteiger partial charge in [-0.05, 0) is 77.0 Å². The molecule has 16 nitrogen and oxygen atoms in total. The Balaban J connectivity index is 2.64. The van der Waals surface area contributed by atoms with Crippen LogP contribution < -0.4 is 0 Å². The summed E-state index contributed by atoms with van der Waals surface area (Å²) < 4.78 is 49.3. The molecular formula is C47H82O16P2. The molecule has 0 spiro atoms. The van der Waals surface area contributed by atoms with E-state index in [1.54, 1.807) is 0 Å². The zero-order valence-electron chi connectivity index (χ0n) is 38.9. The van der Waals surface area contributed by atoms with Crippen molar-refractivity contribution < 1.29 is 76.9 Å². The Morgan fingerprint density at radius 3 is 1.45 bits per heavy atom. The number of hydrogen-bond donors (Lipinski definition) is 7. The summed E-state index contributed by atoms with van der Waals surface area (Å²) in [5.41, 5.74) is 0. The van der Waals surface area contributed by atoms with Gasteiger partial charge >= 0.3 is 27.6 Å². The van der Waals surface area contributed by atoms with E-state index in [-0.39, 0.29) is 12.8 Å². The standard InChI is InChI=1S/C47H82O16P2/c1-3-5-7-9-11-13-15-17-19-20-22-23-25-27-29-31-33-35-40(48)59-37-39(61-41(49)36-34-32-30-28-26-24-21-18-16-14-12-10-8-6-4-2)38-60-65(57,58)63-47-44(52)42(50)43(51)46(45(47)53)62-64(54,55)56/h11,13-14,16-17,19,22-23,27,29,39,42-47,50-53H,3-10,12,15,18,20-21,24-26,28,30-38H2,1-2H3,(H,57,58)(H2,54,55,56). The molecule has 0 aromatic heterocycles. The Labute approximate surface area is 388 Å². The van der Waals surface area contributed by atoms with Crippen LogP contribution in [0, 0.1) is 0 Å². The number of ether oxygens (including phenoxy) is 2. The summed E-state index contributed by atoms with van der Waals surface area (Å²) in [5, 5.41) is 41.2. The number of esters is 2. The van der Waals surface area contributed by atoms with Crippen molar-refractivity contribution in [3.05, 3.63) is 60.8 Å². The molecule has 8 atom stereocenters. The lowest BCUT2D eigenvalue weighted by atomic mass is 9.85. The Morgan fingerprint density at radius 1 is 0.492 bits per heavy atom. The van der Waals surface area contributed by atoms with Crippen molar-refractivity contribution in [1.29, 1.82) is 0 Å². The first-order valence-electron chi connectivity index (χ1n) is 23.8. The number of carbonyl (C=O) groups is 2. The van der Waals surface area contributed by atoms with E-state index in [0.717, 1.165) is 77.0 Å². The molecule has 1 fully saturated rings. The van der Waals surface area contributed by atoms with Crippen LogP contribution in [0.25, 0.3) is 0 Å². The second-order valence-electron chi connectivity index (χ2n) is 16.5. The minimum atomic E-state index is -5.37. The number of aliphatic hydroxyl groups is 4. The quantitative estimate of drug-likeness (QED) is 0.0131. The van der Waals surface area contributed by atoms with Gasteiger partial charge in [0.1, 0.15) is 43.2 Å². The zero-order chi connectivity index (χ0) is 48.2. The van der Waals surface area contributed by atoms with Gasteiger partial charge in [-0.15, -0.1) is 0 Å². The summed E-state index contributed by atoms with van der Waals surface area (Å²) in [6.07, 6.45) is 29.0. The fourth-order valence-corrected chi connectivity index (χ4v) is 8.37. The lowest BCUT2D eigenvalue weighted by Crippen LogP contribution is -2.64. The molecule has 18 heteroatoms. The molecule has 65 heavy (non-hydrogen) atoms. The van der Waals surface area contributed by atoms with Crippen LogP contribution in [0.5, 0.6) is 0 Å². The first kappa shape index (κ1) is 60.7. The topological polar surface area (TPSA) is 256 Å². The maximum absolute atomic E-state index is 13.0. The number of allylic oxidation sites excluding steroid dienone is 10. The van der Waals surface area contributed by atoms with Crippen molar-refractivity contribution in [2.75, 3.05) is 13.2 Å². The van der Waals surface area contributed by atoms with E-state index in [1.165, 1.54) is 44.9 Å². The predicted molar refractivity (Wildman–Crippen MR) is 250 cm³/mol. The van der Waals surface area contributed by atoms with Crippen LogP contribution >= 0.6 is 15.6 Å². The van der Waals surface area contributed by atoms with E-state index in [0.29, 0.717) is 19.3 Å². The zero-order valence-corrected chi connectivity index (χ0v) is 40.7. The normalized spacial score (nSPS) is 22.2. The van der Waals surface area contributed by atoms with Crippen molar-refractivity contribution in [2.45, 2.75) is 211 Å². The third-order valence-corrected chi connectivity index (χ3v) is 12.1. The second kappa shape index (κ2) is 37.7. The molecule has 0 aromatic rings. The van der Waals surface area contributed by atoms with Crippen molar-refractivity contribution in [3.63, 3.8) is 0 Å². The minimum Gasteiger partial charge on any atom is -0.462 e. The Bertz CT molecular complexity index is 1490. The van der Waals surface area contributed by atoms with E-state index < -0.39 is 83.5 Å². The molecule has 0 saturated heterocycles. The Kier molecular flexibility index (Phi) is 35.2. The van der Waals surface area contributed by atoms with Crippen LogP contribution in [0.2, 0.25) is 0 Å². The number of hydrogen-bond acceptors (Lipinski definition) is 13. The molecule has 0 bridgehead atoms. The Hall–Kier alpha value is -2.30. The number of rotatable bonds is 39. The number of carbonyl (C=O) groups excluding carboxylic acids is 2. The van der Waals surface area contributed by atoms with Crippen LogP contribution in [0.15, 0.2) is 60.8 Å². The van der Waals surface area contributed by atoms with Crippen molar-refractivity contribution >= 4 is 27.6 Å². The highest BCUT2D eigenvalue weighted by Gasteiger charge is 2.54. The van der Waals surface area contributed by atoms with Gasteiger partial charge in [-0.2, -0.15) is 0 Å². The third kappa shape index (κ3) is 32.2. The maximum atomic E-state index is 13.0. The molecule has 0 aliphatic heterocycles. The van der Waals surface area contributed by atoms with E-state index in [1.807, 2.05) is 12.2 Å². The average molecular weight is 965 g/mol. The van der Waals surface area contributed by atoms with Gasteiger partial charge in [0.15, 0.2) is 6.10 Å². The molecule has 0 aromatic carbocycles. The van der Waals surface area contributed by atoms with E-state index in [9.17, 15) is 53.8 Å². The van der Waals surface area contributed by atoms with Gasteiger partial charge in [-0.25, -0.2) is 9.13 Å². The average Bonchev–Trinajstić information content (AvgIpc) is 3.26. The Morgan fingerprint density at radius 2 is 0.908 bits per heavy atom. The van der Waals surface area contributed by atoms with Gasteiger partial charge in [-0.3, -0.25) is 23.2 Å². The van der Waals surface area contributed by atoms with E-state index in [4.69, 9.17) is 18.5 Å². The van der Waals surface area contributed by atoms with Crippen LogP contribution in [0.3, 0.4) is 0 Å². The third-order valence-electron chi connectivity index (χ3n) is 10.6. The lowest BCUT2D eigenvalue weighted by Gasteiger charge is -2.43. The lowest BCUT2D eigenvalue weighted by molar-refractivity contribution is -0.216. The molecule has 0 amide bonds. The van der Waals surface area contributed by atoms with E-state index in [2.05, 4.69) is 67.0 Å². The molecule has 1 aliphatic rings. The molecule has 0 heterocycles. The van der Waals surface area contributed by atoms with Gasteiger partial charge in [0, 0.05) is 12.8 Å². The van der Waals surface area contributed by atoms with Gasteiger partial charge in [0.05, 0.1) is 6.61 Å². The number of phosphoric ester groups is 2. The predicted octanol–water partition coefficient (Wildman–Crippen LogP) is 9.06. The minimum absolute atomic E-state index is 0.0253. The van der Waals surface area contributed by atoms with Gasteiger partial charge in [0.2, 0.25) is 0 Å². The van der Waals surface area contributed by atoms with Gasteiger partial charge < -0.3 is 44.6 Å². The van der Waals surface area contributed by atoms with Crippen molar-refractivity contribution in [1.82, 2.24) is 0 Å². The smallest absolute Gasteiger partial charge is 0.462 e. The summed E-state index contributed by atoms with van der Waals surface area (Å²) in [5.74, 6) is -1.28. The van der Waals surface area contributed by atoms with Crippen molar-refractivity contribution in [3.8, 4) is 0 Å². The molecular weight excluding hydrogens is 882 g/mol.